The van der Waals surface area contributed by atoms with Crippen LogP contribution in [0.25, 0.3) is 20.5 Å². The highest BCUT2D eigenvalue weighted by atomic mass is 14.7. The Morgan fingerprint density at radius 2 is 1.29 bits per heavy atom. The van der Waals surface area contributed by atoms with Crippen molar-refractivity contribution in [1.82, 2.24) is 0 Å². The third kappa shape index (κ3) is 1.11. The standard InChI is InChI=1S/C12H8N2/c1-13-10-7-3-5-9-6-4-8-11(14-2)12(9)10/h1-8H/q+2. The summed E-state index contributed by atoms with van der Waals surface area (Å²) in [6.45, 7) is 10.6. The predicted molar refractivity (Wildman–Crippen MR) is 59.9 cm³/mol. The Bertz CT molecular complexity index is 522. The first-order valence-electron chi connectivity index (χ1n) is 4.20. The number of fused-ring (bicyclic) bond motifs is 1. The number of benzene rings is 2. The number of hydrogen-bond donors (Lipinski definition) is 0. The molecule has 64 valence electrons. The maximum atomic E-state index is 5.28. The van der Waals surface area contributed by atoms with Gasteiger partial charge < -0.3 is 0 Å². The van der Waals surface area contributed by atoms with Gasteiger partial charge in [0, 0.05) is 12.1 Å². The van der Waals surface area contributed by atoms with Crippen molar-refractivity contribution in [3.05, 3.63) is 46.1 Å². The van der Waals surface area contributed by atoms with Gasteiger partial charge in [0.25, 0.3) is 13.1 Å². The van der Waals surface area contributed by atoms with E-state index < -0.39 is 0 Å². The van der Waals surface area contributed by atoms with E-state index in [1.165, 1.54) is 0 Å². The van der Waals surface area contributed by atoms with Crippen molar-refractivity contribution in [2.24, 2.45) is 0 Å². The molecule has 0 fully saturated rings. The zero-order valence-electron chi connectivity index (χ0n) is 7.51. The van der Waals surface area contributed by atoms with E-state index in [0.717, 1.165) is 10.8 Å². The molecule has 0 saturated heterocycles. The molecule has 2 aromatic carbocycles. The van der Waals surface area contributed by atoms with E-state index in [2.05, 4.69) is 9.69 Å². The maximum Gasteiger partial charge on any atom is 0.355 e. The van der Waals surface area contributed by atoms with Crippen LogP contribution in [0.2, 0.25) is 0 Å². The molecular formula is C12H8N2+2. The molecule has 0 amide bonds. The molecule has 0 aliphatic heterocycles. The van der Waals surface area contributed by atoms with E-state index in [0.29, 0.717) is 11.4 Å². The molecule has 0 aliphatic rings. The van der Waals surface area contributed by atoms with E-state index in [1.807, 2.05) is 36.4 Å². The van der Waals surface area contributed by atoms with Crippen molar-refractivity contribution < 1.29 is 0 Å². The zero-order valence-corrected chi connectivity index (χ0v) is 7.51. The summed E-state index contributed by atoms with van der Waals surface area (Å²) in [5, 5.41) is 1.92. The number of nitrogens with zero attached hydrogens (tertiary/aromatic N) is 2. The van der Waals surface area contributed by atoms with Crippen molar-refractivity contribution >= 4 is 22.1 Å². The predicted octanol–water partition coefficient (Wildman–Crippen LogP) is 4.03. The summed E-state index contributed by atoms with van der Waals surface area (Å²) in [7, 11) is 0. The fourth-order valence-electron chi connectivity index (χ4n) is 1.52. The van der Waals surface area contributed by atoms with Crippen molar-refractivity contribution in [3.63, 3.8) is 0 Å². The lowest BCUT2D eigenvalue weighted by molar-refractivity contribution is 1.76. The topological polar surface area (TPSA) is 8.72 Å². The van der Waals surface area contributed by atoms with E-state index in [4.69, 9.17) is 13.1 Å². The van der Waals surface area contributed by atoms with Gasteiger partial charge in [0.05, 0.1) is 0 Å². The largest absolute Gasteiger partial charge is 0.355 e. The Morgan fingerprint density at radius 3 is 1.71 bits per heavy atom. The van der Waals surface area contributed by atoms with E-state index >= 15 is 0 Å². The van der Waals surface area contributed by atoms with Crippen LogP contribution in [0.5, 0.6) is 0 Å². The van der Waals surface area contributed by atoms with Gasteiger partial charge in [0.15, 0.2) is 5.39 Å². The molecule has 2 aromatic rings. The van der Waals surface area contributed by atoms with Crippen molar-refractivity contribution in [2.45, 2.75) is 0 Å². The van der Waals surface area contributed by atoms with Crippen LogP contribution in [0.1, 0.15) is 0 Å². The Labute approximate surface area is 82.0 Å². The van der Waals surface area contributed by atoms with Crippen LogP contribution >= 0.6 is 0 Å². The molecular weight excluding hydrogens is 172 g/mol. The SMILES string of the molecule is C#[N+]c1cccc2cccc([N+]#C)c12. The molecule has 0 heterocycles. The number of rotatable bonds is 0. The minimum Gasteiger partial charge on any atom is -0.0537 e. The highest BCUT2D eigenvalue weighted by Gasteiger charge is 2.17. The lowest BCUT2D eigenvalue weighted by Gasteiger charge is -1.90. The van der Waals surface area contributed by atoms with Gasteiger partial charge in [0.1, 0.15) is 0 Å². The van der Waals surface area contributed by atoms with Crippen molar-refractivity contribution in [1.29, 1.82) is 0 Å². The van der Waals surface area contributed by atoms with Crippen LogP contribution in [0, 0.1) is 13.1 Å². The molecule has 0 spiro atoms. The average Bonchev–Trinajstić information content (AvgIpc) is 2.27. The van der Waals surface area contributed by atoms with Crippen LogP contribution < -0.4 is 0 Å². The fourth-order valence-corrected chi connectivity index (χ4v) is 1.52. The van der Waals surface area contributed by atoms with Crippen LogP contribution in [-0.2, 0) is 0 Å². The molecule has 0 unspecified atom stereocenters. The molecule has 0 aliphatic carbocycles. The fraction of sp³-hybridized carbons (Fsp3) is 0. The second-order valence-corrected chi connectivity index (χ2v) is 2.91. The summed E-state index contributed by atoms with van der Waals surface area (Å²) in [6, 6.07) is 11.4. The normalized spacial score (nSPS) is 9.29. The van der Waals surface area contributed by atoms with Crippen LogP contribution in [0.15, 0.2) is 36.4 Å². The summed E-state index contributed by atoms with van der Waals surface area (Å²) < 4.78 is 0. The molecule has 0 aromatic heterocycles. The molecule has 14 heavy (non-hydrogen) atoms. The zero-order chi connectivity index (χ0) is 9.97. The third-order valence-electron chi connectivity index (χ3n) is 2.14. The lowest BCUT2D eigenvalue weighted by atomic mass is 10.1. The first kappa shape index (κ1) is 8.29. The first-order chi connectivity index (χ1) is 6.86. The molecule has 0 bridgehead atoms. The molecule has 0 radical (unpaired) electrons. The lowest BCUT2D eigenvalue weighted by Crippen LogP contribution is -1.72. The maximum absolute atomic E-state index is 5.28. The highest BCUT2D eigenvalue weighted by molar-refractivity contribution is 6.03. The van der Waals surface area contributed by atoms with Crippen LogP contribution in [0.3, 0.4) is 0 Å². The van der Waals surface area contributed by atoms with Crippen LogP contribution in [0.4, 0.5) is 11.4 Å². The van der Waals surface area contributed by atoms with Crippen molar-refractivity contribution in [2.75, 3.05) is 0 Å². The molecule has 0 saturated carbocycles. The van der Waals surface area contributed by atoms with Gasteiger partial charge in [-0.15, -0.1) is 0 Å². The minimum atomic E-state index is 0.701. The van der Waals surface area contributed by atoms with Crippen molar-refractivity contribution in [3.8, 4) is 13.1 Å². The smallest absolute Gasteiger partial charge is 0.0537 e. The van der Waals surface area contributed by atoms with Gasteiger partial charge in [-0.2, -0.15) is 0 Å². The second kappa shape index (κ2) is 3.20. The third-order valence-corrected chi connectivity index (χ3v) is 2.14. The van der Waals surface area contributed by atoms with Gasteiger partial charge >= 0.3 is 11.4 Å². The quantitative estimate of drug-likeness (QED) is 0.578. The average molecular weight is 180 g/mol. The molecule has 0 atom stereocenters. The van der Waals surface area contributed by atoms with Crippen LogP contribution in [-0.4, -0.2) is 0 Å². The van der Waals surface area contributed by atoms with Gasteiger partial charge in [-0.25, -0.2) is 0 Å². The second-order valence-electron chi connectivity index (χ2n) is 2.91. The Balaban J connectivity index is 2.99. The van der Waals surface area contributed by atoms with E-state index in [9.17, 15) is 0 Å². The summed E-state index contributed by atoms with van der Waals surface area (Å²) >= 11 is 0. The molecule has 2 heteroatoms. The molecule has 2 nitrogen and oxygen atoms in total. The van der Waals surface area contributed by atoms with Gasteiger partial charge in [-0.3, -0.25) is 0 Å². The Kier molecular flexibility index (Phi) is 1.89. The summed E-state index contributed by atoms with van der Waals surface area (Å²) in [5.74, 6) is 0. The number of hydrogen-bond acceptors (Lipinski definition) is 0. The highest BCUT2D eigenvalue weighted by Crippen LogP contribution is 2.33. The van der Waals surface area contributed by atoms with Gasteiger partial charge in [-0.05, 0) is 15.1 Å². The van der Waals surface area contributed by atoms with E-state index in [1.54, 1.807) is 0 Å². The monoisotopic (exact) mass is 180 g/mol. The molecule has 2 rings (SSSR count). The summed E-state index contributed by atoms with van der Waals surface area (Å²) in [5.41, 5.74) is 1.40. The Morgan fingerprint density at radius 1 is 0.786 bits per heavy atom. The van der Waals surface area contributed by atoms with E-state index in [-0.39, 0.29) is 0 Å². The first-order valence-corrected chi connectivity index (χ1v) is 4.20. The minimum absolute atomic E-state index is 0.701. The molecule has 0 N–H and O–H groups in total. The summed E-state index contributed by atoms with van der Waals surface area (Å²) in [6.07, 6.45) is 0. The Hall–Kier alpha value is -2.32. The van der Waals surface area contributed by atoms with Gasteiger partial charge in [-0.1, -0.05) is 24.3 Å². The summed E-state index contributed by atoms with van der Waals surface area (Å²) in [4.78, 5) is 7.38. The van der Waals surface area contributed by atoms with Gasteiger partial charge in [0.2, 0.25) is 0 Å².